The molecule has 0 aliphatic carbocycles. The molecule has 2 fully saturated rings. The van der Waals surface area contributed by atoms with Gasteiger partial charge in [0.25, 0.3) is 0 Å². The molecule has 2 aliphatic rings. The summed E-state index contributed by atoms with van der Waals surface area (Å²) in [5.41, 5.74) is 4.83. The topological polar surface area (TPSA) is 94.4 Å². The first kappa shape index (κ1) is 23.8. The van der Waals surface area contributed by atoms with Gasteiger partial charge in [-0.25, -0.2) is 14.8 Å². The number of likely N-dealkylation sites (tertiary alicyclic amines) is 1. The quantitative estimate of drug-likeness (QED) is 0.577. The zero-order valence-corrected chi connectivity index (χ0v) is 20.3. The summed E-state index contributed by atoms with van der Waals surface area (Å²) in [5, 5.41) is 12.6. The van der Waals surface area contributed by atoms with E-state index in [9.17, 15) is 10.1 Å². The van der Waals surface area contributed by atoms with Crippen LogP contribution in [0.1, 0.15) is 36.2 Å². The molecule has 1 N–H and O–H groups in total. The van der Waals surface area contributed by atoms with Crippen LogP contribution in [0.2, 0.25) is 0 Å². The SMILES string of the molecule is N#Cc1cc(-c2ccnc(Cc3ccc(N4CCOCC4)cc3)n2)ccc1NC(=O)N1CCCCC1. The molecule has 3 heterocycles. The molecule has 8 heteroatoms. The summed E-state index contributed by atoms with van der Waals surface area (Å²) in [6.45, 7) is 4.87. The summed E-state index contributed by atoms with van der Waals surface area (Å²) < 4.78 is 5.44. The van der Waals surface area contributed by atoms with Crippen molar-refractivity contribution in [3.63, 3.8) is 0 Å². The molecule has 184 valence electrons. The lowest BCUT2D eigenvalue weighted by Gasteiger charge is -2.28. The number of piperidine rings is 1. The number of ether oxygens (including phenoxy) is 1. The highest BCUT2D eigenvalue weighted by atomic mass is 16.5. The van der Waals surface area contributed by atoms with Crippen molar-refractivity contribution in [3.05, 3.63) is 71.7 Å². The van der Waals surface area contributed by atoms with Gasteiger partial charge in [0.15, 0.2) is 0 Å². The van der Waals surface area contributed by atoms with E-state index in [2.05, 4.69) is 45.5 Å². The van der Waals surface area contributed by atoms with Crippen LogP contribution in [0.3, 0.4) is 0 Å². The van der Waals surface area contributed by atoms with Crippen molar-refractivity contribution >= 4 is 17.4 Å². The molecular weight excluding hydrogens is 452 g/mol. The Kier molecular flexibility index (Phi) is 7.39. The second-order valence-electron chi connectivity index (χ2n) is 9.15. The summed E-state index contributed by atoms with van der Waals surface area (Å²) in [6.07, 6.45) is 5.56. The molecule has 0 spiro atoms. The molecule has 2 aliphatic heterocycles. The Labute approximate surface area is 211 Å². The van der Waals surface area contributed by atoms with Crippen molar-refractivity contribution in [2.75, 3.05) is 49.6 Å². The van der Waals surface area contributed by atoms with Gasteiger partial charge in [0, 0.05) is 50.0 Å². The molecule has 8 nitrogen and oxygen atoms in total. The van der Waals surface area contributed by atoms with Crippen LogP contribution in [0, 0.1) is 11.3 Å². The average molecular weight is 483 g/mol. The van der Waals surface area contributed by atoms with Gasteiger partial charge in [0.2, 0.25) is 0 Å². The zero-order chi connectivity index (χ0) is 24.7. The smallest absolute Gasteiger partial charge is 0.321 e. The van der Waals surface area contributed by atoms with Gasteiger partial charge in [-0.2, -0.15) is 5.26 Å². The number of morpholine rings is 1. The Balaban J connectivity index is 1.28. The third-order valence-corrected chi connectivity index (χ3v) is 6.70. The predicted molar refractivity (Wildman–Crippen MR) is 139 cm³/mol. The van der Waals surface area contributed by atoms with E-state index in [0.717, 1.165) is 75.5 Å². The van der Waals surface area contributed by atoms with Crippen LogP contribution < -0.4 is 10.2 Å². The minimum atomic E-state index is -0.150. The Hall–Kier alpha value is -3.96. The summed E-state index contributed by atoms with van der Waals surface area (Å²) in [7, 11) is 0. The van der Waals surface area contributed by atoms with Gasteiger partial charge in [-0.1, -0.05) is 18.2 Å². The Morgan fingerprint density at radius 1 is 1.00 bits per heavy atom. The van der Waals surface area contributed by atoms with Crippen LogP contribution in [0.4, 0.5) is 16.2 Å². The first-order chi connectivity index (χ1) is 17.7. The van der Waals surface area contributed by atoms with Gasteiger partial charge >= 0.3 is 6.03 Å². The van der Waals surface area contributed by atoms with Gasteiger partial charge in [0.1, 0.15) is 11.9 Å². The molecule has 0 radical (unpaired) electrons. The van der Waals surface area contributed by atoms with Crippen LogP contribution in [-0.2, 0) is 11.2 Å². The van der Waals surface area contributed by atoms with Gasteiger partial charge in [-0.3, -0.25) is 0 Å². The number of nitrogens with zero attached hydrogens (tertiary/aromatic N) is 5. The molecule has 0 saturated carbocycles. The van der Waals surface area contributed by atoms with Crippen molar-refractivity contribution in [1.29, 1.82) is 5.26 Å². The van der Waals surface area contributed by atoms with E-state index < -0.39 is 0 Å². The van der Waals surface area contributed by atoms with Crippen molar-refractivity contribution < 1.29 is 9.53 Å². The third kappa shape index (κ3) is 5.64. The number of amides is 2. The number of carbonyl (C=O) groups excluding carboxylic acids is 1. The van der Waals surface area contributed by atoms with E-state index in [1.165, 1.54) is 5.69 Å². The molecule has 0 bridgehead atoms. The standard InChI is InChI=1S/C28H30N6O2/c29-20-23-19-22(6-9-25(23)32-28(35)34-12-2-1-3-13-34)26-10-11-30-27(31-26)18-21-4-7-24(8-5-21)33-14-16-36-17-15-33/h4-11,19H,1-3,12-18H2,(H,32,35). The summed E-state index contributed by atoms with van der Waals surface area (Å²) in [4.78, 5) is 25.9. The second kappa shape index (κ2) is 11.2. The van der Waals surface area contributed by atoms with E-state index in [-0.39, 0.29) is 6.03 Å². The highest BCUT2D eigenvalue weighted by molar-refractivity contribution is 5.91. The fourth-order valence-corrected chi connectivity index (χ4v) is 4.67. The summed E-state index contributed by atoms with van der Waals surface area (Å²) in [5.74, 6) is 0.715. The number of carbonyl (C=O) groups is 1. The second-order valence-corrected chi connectivity index (χ2v) is 9.15. The maximum atomic E-state index is 12.6. The number of anilines is 2. The minimum Gasteiger partial charge on any atom is -0.378 e. The van der Waals surface area contributed by atoms with E-state index >= 15 is 0 Å². The monoisotopic (exact) mass is 482 g/mol. The van der Waals surface area contributed by atoms with Crippen LogP contribution in [0.25, 0.3) is 11.3 Å². The van der Waals surface area contributed by atoms with Gasteiger partial charge in [0.05, 0.1) is 30.2 Å². The highest BCUT2D eigenvalue weighted by Gasteiger charge is 2.18. The van der Waals surface area contributed by atoms with Gasteiger partial charge in [-0.15, -0.1) is 0 Å². The number of aromatic nitrogens is 2. The number of urea groups is 1. The Morgan fingerprint density at radius 3 is 2.53 bits per heavy atom. The molecule has 2 saturated heterocycles. The number of benzene rings is 2. The first-order valence-corrected chi connectivity index (χ1v) is 12.5. The third-order valence-electron chi connectivity index (χ3n) is 6.70. The lowest BCUT2D eigenvalue weighted by atomic mass is 10.1. The molecule has 2 amide bonds. The molecule has 1 aromatic heterocycles. The number of nitrogens with one attached hydrogen (secondary N) is 1. The maximum Gasteiger partial charge on any atom is 0.321 e. The maximum absolute atomic E-state index is 12.6. The van der Waals surface area contributed by atoms with E-state index in [0.29, 0.717) is 23.5 Å². The van der Waals surface area contributed by atoms with Gasteiger partial charge in [-0.05, 0) is 55.2 Å². The van der Waals surface area contributed by atoms with Crippen LogP contribution in [0.15, 0.2) is 54.7 Å². The number of hydrogen-bond acceptors (Lipinski definition) is 6. The van der Waals surface area contributed by atoms with Crippen molar-refractivity contribution in [3.8, 4) is 17.3 Å². The summed E-state index contributed by atoms with van der Waals surface area (Å²) in [6, 6.07) is 17.9. The highest BCUT2D eigenvalue weighted by Crippen LogP contribution is 2.25. The molecule has 3 aromatic rings. The lowest BCUT2D eigenvalue weighted by Crippen LogP contribution is -2.38. The fraction of sp³-hybridized carbons (Fsp3) is 0.357. The number of hydrogen-bond donors (Lipinski definition) is 1. The molecule has 5 rings (SSSR count). The van der Waals surface area contributed by atoms with Crippen molar-refractivity contribution in [1.82, 2.24) is 14.9 Å². The lowest BCUT2D eigenvalue weighted by molar-refractivity contribution is 0.122. The predicted octanol–water partition coefficient (Wildman–Crippen LogP) is 4.46. The van der Waals surface area contributed by atoms with E-state index in [1.54, 1.807) is 18.3 Å². The zero-order valence-electron chi connectivity index (χ0n) is 20.3. The molecule has 0 unspecified atom stereocenters. The molecule has 36 heavy (non-hydrogen) atoms. The summed E-state index contributed by atoms with van der Waals surface area (Å²) >= 11 is 0. The average Bonchev–Trinajstić information content (AvgIpc) is 2.95. The fourth-order valence-electron chi connectivity index (χ4n) is 4.67. The molecular formula is C28H30N6O2. The van der Waals surface area contributed by atoms with Crippen LogP contribution >= 0.6 is 0 Å². The molecule has 0 atom stereocenters. The minimum absolute atomic E-state index is 0.150. The first-order valence-electron chi connectivity index (χ1n) is 12.5. The molecule has 2 aromatic carbocycles. The Bertz CT molecular complexity index is 1240. The number of nitriles is 1. The van der Waals surface area contributed by atoms with Crippen molar-refractivity contribution in [2.45, 2.75) is 25.7 Å². The van der Waals surface area contributed by atoms with Crippen LogP contribution in [-0.4, -0.2) is 60.3 Å². The van der Waals surface area contributed by atoms with Crippen LogP contribution in [0.5, 0.6) is 0 Å². The van der Waals surface area contributed by atoms with E-state index in [1.807, 2.05) is 17.0 Å². The van der Waals surface area contributed by atoms with E-state index in [4.69, 9.17) is 9.72 Å². The van der Waals surface area contributed by atoms with Gasteiger partial charge < -0.3 is 19.9 Å². The van der Waals surface area contributed by atoms with Crippen molar-refractivity contribution in [2.24, 2.45) is 0 Å². The Morgan fingerprint density at radius 2 is 1.78 bits per heavy atom. The largest absolute Gasteiger partial charge is 0.378 e. The normalized spacial score (nSPS) is 15.9. The number of rotatable bonds is 5.